The summed E-state index contributed by atoms with van der Waals surface area (Å²) in [5, 5.41) is 23.0. The molecule has 1 aromatic heterocycles. The average molecular weight is 383 g/mol. The molecule has 11 heteroatoms. The first-order chi connectivity index (χ1) is 13.1. The predicted molar refractivity (Wildman–Crippen MR) is 98.7 cm³/mol. The standard InChI is InChI=1S/C16H29N7O4/c17-5-3-1-2-4-6-26-12-11(25)9(7-24)27-15(12)23-8-20-10-13(18)21-16(19)22-14(10)23/h8-9,11-13,15,24-25H,1-7,17-18H2,(H3,19,21,22)/t9-,11+,12?,13?,15-/m1/s1. The first-order valence-corrected chi connectivity index (χ1v) is 9.25. The van der Waals surface area contributed by atoms with Crippen LogP contribution in [-0.2, 0) is 9.47 Å². The van der Waals surface area contributed by atoms with E-state index < -0.39 is 30.7 Å². The zero-order chi connectivity index (χ0) is 19.4. The monoisotopic (exact) mass is 383 g/mol. The van der Waals surface area contributed by atoms with Crippen LogP contribution in [0.1, 0.15) is 43.8 Å². The van der Waals surface area contributed by atoms with E-state index in [0.29, 0.717) is 24.7 Å². The van der Waals surface area contributed by atoms with Gasteiger partial charge in [-0.25, -0.2) is 9.98 Å². The number of aliphatic hydroxyl groups excluding tert-OH is 2. The van der Waals surface area contributed by atoms with Crippen LogP contribution >= 0.6 is 0 Å². The minimum absolute atomic E-state index is 0.173. The summed E-state index contributed by atoms with van der Waals surface area (Å²) >= 11 is 0. The molecule has 3 heterocycles. The molecule has 152 valence electrons. The van der Waals surface area contributed by atoms with E-state index in [4.69, 9.17) is 26.7 Å². The third kappa shape index (κ3) is 4.23. The number of rotatable bonds is 9. The van der Waals surface area contributed by atoms with Gasteiger partial charge in [0.15, 0.2) is 12.2 Å². The highest BCUT2D eigenvalue weighted by atomic mass is 16.6. The predicted octanol–water partition coefficient (Wildman–Crippen LogP) is -1.26. The zero-order valence-corrected chi connectivity index (χ0v) is 15.2. The van der Waals surface area contributed by atoms with Crippen LogP contribution in [0.5, 0.6) is 0 Å². The van der Waals surface area contributed by atoms with Crippen LogP contribution in [0.3, 0.4) is 0 Å². The summed E-state index contributed by atoms with van der Waals surface area (Å²) in [4.78, 5) is 8.31. The van der Waals surface area contributed by atoms with Gasteiger partial charge in [0, 0.05) is 6.61 Å². The fourth-order valence-corrected chi connectivity index (χ4v) is 3.37. The van der Waals surface area contributed by atoms with Gasteiger partial charge in [-0.1, -0.05) is 12.8 Å². The Kier molecular flexibility index (Phi) is 6.63. The Hall–Kier alpha value is -1.76. The van der Waals surface area contributed by atoms with Crippen LogP contribution in [0.15, 0.2) is 11.3 Å². The van der Waals surface area contributed by atoms with Gasteiger partial charge in [0.1, 0.15) is 36.0 Å². The number of fused-ring (bicyclic) bond motifs is 1. The lowest BCUT2D eigenvalue weighted by Crippen LogP contribution is -2.36. The minimum Gasteiger partial charge on any atom is -0.394 e. The van der Waals surface area contributed by atoms with Gasteiger partial charge in [0.25, 0.3) is 0 Å². The molecule has 3 rings (SSSR count). The number of unbranched alkanes of at least 4 members (excludes halogenated alkanes) is 3. The summed E-state index contributed by atoms with van der Waals surface area (Å²) in [6, 6.07) is 0. The van der Waals surface area contributed by atoms with E-state index >= 15 is 0 Å². The smallest absolute Gasteiger partial charge is 0.196 e. The quantitative estimate of drug-likeness (QED) is 0.284. The molecule has 0 spiro atoms. The topological polar surface area (TPSA) is 179 Å². The second-order valence-electron chi connectivity index (χ2n) is 6.75. The summed E-state index contributed by atoms with van der Waals surface area (Å²) < 4.78 is 13.4. The first-order valence-electron chi connectivity index (χ1n) is 9.25. The Morgan fingerprint density at radius 3 is 2.81 bits per heavy atom. The Bertz CT molecular complexity index is 653. The molecule has 1 aromatic rings. The van der Waals surface area contributed by atoms with Crippen LogP contribution < -0.4 is 22.5 Å². The molecule has 2 aliphatic rings. The van der Waals surface area contributed by atoms with Gasteiger partial charge in [0.05, 0.1) is 12.9 Å². The third-order valence-electron chi connectivity index (χ3n) is 4.80. The van der Waals surface area contributed by atoms with Gasteiger partial charge in [-0.05, 0) is 19.4 Å². The highest BCUT2D eigenvalue weighted by molar-refractivity contribution is 5.93. The van der Waals surface area contributed by atoms with Crippen molar-refractivity contribution < 1.29 is 19.7 Å². The molecule has 9 N–H and O–H groups in total. The van der Waals surface area contributed by atoms with Crippen molar-refractivity contribution >= 4 is 11.8 Å². The highest BCUT2D eigenvalue weighted by Crippen LogP contribution is 2.36. The van der Waals surface area contributed by atoms with Crippen molar-refractivity contribution in [2.24, 2.45) is 22.2 Å². The number of hydrogen-bond donors (Lipinski definition) is 6. The number of aromatic nitrogens is 2. The van der Waals surface area contributed by atoms with E-state index in [9.17, 15) is 10.2 Å². The summed E-state index contributed by atoms with van der Waals surface area (Å²) in [5.74, 6) is 0.716. The molecule has 0 aliphatic carbocycles. The number of guanidine groups is 1. The van der Waals surface area contributed by atoms with Crippen molar-refractivity contribution in [1.29, 1.82) is 0 Å². The van der Waals surface area contributed by atoms with Crippen molar-refractivity contribution in [3.8, 4) is 0 Å². The number of ether oxygens (including phenoxy) is 2. The molecule has 0 bridgehead atoms. The van der Waals surface area contributed by atoms with Crippen molar-refractivity contribution in [3.05, 3.63) is 12.0 Å². The molecule has 1 saturated heterocycles. The van der Waals surface area contributed by atoms with Gasteiger partial charge >= 0.3 is 0 Å². The fraction of sp³-hybridized carbons (Fsp3) is 0.750. The van der Waals surface area contributed by atoms with Crippen LogP contribution in [0.2, 0.25) is 0 Å². The molecule has 0 aromatic carbocycles. The molecule has 0 amide bonds. The number of nitrogens with one attached hydrogen (secondary N) is 1. The summed E-state index contributed by atoms with van der Waals surface area (Å²) in [6.07, 6.45) is 1.69. The number of nitrogens with two attached hydrogens (primary N) is 3. The Labute approximate surface area is 157 Å². The highest BCUT2D eigenvalue weighted by Gasteiger charge is 2.46. The Morgan fingerprint density at radius 1 is 1.30 bits per heavy atom. The van der Waals surface area contributed by atoms with Crippen LogP contribution in [-0.4, -0.2) is 63.8 Å². The number of aliphatic hydroxyl groups is 2. The molecule has 0 radical (unpaired) electrons. The largest absolute Gasteiger partial charge is 0.394 e. The number of hydrogen-bond acceptors (Lipinski definition) is 10. The molecule has 5 atom stereocenters. The number of aliphatic imine (C=N–C) groups is 1. The lowest BCUT2D eigenvalue weighted by molar-refractivity contribution is -0.0718. The molecule has 27 heavy (non-hydrogen) atoms. The van der Waals surface area contributed by atoms with Crippen LogP contribution in [0.4, 0.5) is 5.82 Å². The molecular weight excluding hydrogens is 354 g/mol. The fourth-order valence-electron chi connectivity index (χ4n) is 3.37. The SMILES string of the molecule is NCCCCCCOC1[C@@H](O)[C@@H](CO)O[C@H]1n1cnc2c1NC(N)=NC2N. The van der Waals surface area contributed by atoms with Crippen LogP contribution in [0, 0.1) is 0 Å². The van der Waals surface area contributed by atoms with E-state index in [1.165, 1.54) is 0 Å². The van der Waals surface area contributed by atoms with Gasteiger partial charge < -0.3 is 42.2 Å². The Morgan fingerprint density at radius 2 is 2.07 bits per heavy atom. The lowest BCUT2D eigenvalue weighted by Gasteiger charge is -2.25. The minimum atomic E-state index is -0.967. The Balaban J connectivity index is 1.71. The summed E-state index contributed by atoms with van der Waals surface area (Å²) in [6.45, 7) is 0.836. The molecule has 2 aliphatic heterocycles. The number of anilines is 1. The van der Waals surface area contributed by atoms with Gasteiger partial charge in [0.2, 0.25) is 0 Å². The van der Waals surface area contributed by atoms with E-state index in [1.54, 1.807) is 10.9 Å². The van der Waals surface area contributed by atoms with Gasteiger partial charge in [-0.2, -0.15) is 0 Å². The lowest BCUT2D eigenvalue weighted by atomic mass is 10.1. The van der Waals surface area contributed by atoms with E-state index in [2.05, 4.69) is 15.3 Å². The molecular formula is C16H29N7O4. The number of nitrogens with zero attached hydrogens (tertiary/aromatic N) is 3. The summed E-state index contributed by atoms with van der Waals surface area (Å²) in [7, 11) is 0. The maximum atomic E-state index is 10.5. The van der Waals surface area contributed by atoms with Crippen LogP contribution in [0.25, 0.3) is 0 Å². The molecule has 0 saturated carbocycles. The average Bonchev–Trinajstić information content (AvgIpc) is 3.19. The zero-order valence-electron chi connectivity index (χ0n) is 15.2. The second kappa shape index (κ2) is 8.95. The maximum Gasteiger partial charge on any atom is 0.196 e. The van der Waals surface area contributed by atoms with Gasteiger partial charge in [-0.3, -0.25) is 4.57 Å². The maximum absolute atomic E-state index is 10.5. The van der Waals surface area contributed by atoms with Crippen molar-refractivity contribution in [3.63, 3.8) is 0 Å². The molecule has 11 nitrogen and oxygen atoms in total. The second-order valence-corrected chi connectivity index (χ2v) is 6.75. The summed E-state index contributed by atoms with van der Waals surface area (Å²) in [5.41, 5.74) is 17.7. The normalized spacial score (nSPS) is 30.1. The van der Waals surface area contributed by atoms with E-state index in [-0.39, 0.29) is 12.6 Å². The first kappa shape index (κ1) is 20.0. The third-order valence-corrected chi connectivity index (χ3v) is 4.80. The van der Waals surface area contributed by atoms with E-state index in [0.717, 1.165) is 25.7 Å². The molecule has 2 unspecified atom stereocenters. The van der Waals surface area contributed by atoms with Crippen molar-refractivity contribution in [2.45, 2.75) is 56.4 Å². The van der Waals surface area contributed by atoms with Crippen molar-refractivity contribution in [2.75, 3.05) is 25.1 Å². The number of imidazole rings is 1. The molecule has 1 fully saturated rings. The van der Waals surface area contributed by atoms with Crippen molar-refractivity contribution in [1.82, 2.24) is 9.55 Å². The van der Waals surface area contributed by atoms with E-state index in [1.807, 2.05) is 0 Å². The van der Waals surface area contributed by atoms with Gasteiger partial charge in [-0.15, -0.1) is 0 Å².